The molecule has 82 valence electrons. The van der Waals surface area contributed by atoms with Crippen LogP contribution in [0.4, 0.5) is 14.5 Å². The Morgan fingerprint density at radius 1 is 1.53 bits per heavy atom. The quantitative estimate of drug-likeness (QED) is 0.718. The zero-order valence-corrected chi connectivity index (χ0v) is 8.58. The fourth-order valence-electron chi connectivity index (χ4n) is 1.13. The maximum atomic E-state index is 12.1. The number of halogens is 2. The lowest BCUT2D eigenvalue weighted by Gasteiger charge is -2.17. The topological polar surface area (TPSA) is 33.2 Å². The molecule has 0 saturated heterocycles. The Balaban J connectivity index is 2.75. The first-order chi connectivity index (χ1) is 7.00. The number of carbonyl (C=O) groups is 1. The van der Waals surface area contributed by atoms with Gasteiger partial charge in [-0.05, 0) is 12.1 Å². The average molecular weight is 214 g/mol. The number of rotatable bonds is 4. The fraction of sp³-hybridized carbons (Fsp3) is 0.400. The average Bonchev–Trinajstić information content (AvgIpc) is 2.17. The number of hydrogen-bond acceptors (Lipinski definition) is 3. The molecule has 1 aromatic rings. The molecular weight excluding hydrogens is 202 g/mol. The van der Waals surface area contributed by atoms with E-state index in [1.807, 2.05) is 0 Å². The molecule has 1 rings (SSSR count). The van der Waals surface area contributed by atoms with Crippen LogP contribution in [-0.2, 0) is 0 Å². The van der Waals surface area contributed by atoms with Gasteiger partial charge in [-0.1, -0.05) is 0 Å². The van der Waals surface area contributed by atoms with E-state index in [4.69, 9.17) is 0 Å². The number of anilines is 1. The first-order valence-corrected chi connectivity index (χ1v) is 4.47. The number of aromatic nitrogens is 1. The summed E-state index contributed by atoms with van der Waals surface area (Å²) in [5.74, 6) is -0.141. The Hall–Kier alpha value is -1.52. The second kappa shape index (κ2) is 4.82. The Morgan fingerprint density at radius 2 is 2.20 bits per heavy atom. The summed E-state index contributed by atoms with van der Waals surface area (Å²) in [4.78, 5) is 16.2. The van der Waals surface area contributed by atoms with Crippen molar-refractivity contribution in [2.24, 2.45) is 0 Å². The van der Waals surface area contributed by atoms with Gasteiger partial charge in [0.1, 0.15) is 5.69 Å². The van der Waals surface area contributed by atoms with Gasteiger partial charge in [0.05, 0.1) is 18.4 Å². The summed E-state index contributed by atoms with van der Waals surface area (Å²) in [6.07, 6.45) is -0.971. The summed E-state index contributed by atoms with van der Waals surface area (Å²) in [5, 5.41) is 0. The van der Waals surface area contributed by atoms with Crippen LogP contribution in [0.15, 0.2) is 18.3 Å². The second-order valence-electron chi connectivity index (χ2n) is 3.23. The molecule has 0 unspecified atom stereocenters. The van der Waals surface area contributed by atoms with Gasteiger partial charge in [-0.3, -0.25) is 9.78 Å². The van der Waals surface area contributed by atoms with Crippen molar-refractivity contribution in [2.45, 2.75) is 13.3 Å². The summed E-state index contributed by atoms with van der Waals surface area (Å²) in [6, 6.07) is 3.13. The minimum Gasteiger partial charge on any atom is -0.368 e. The van der Waals surface area contributed by atoms with E-state index >= 15 is 0 Å². The highest BCUT2D eigenvalue weighted by molar-refractivity contribution is 5.92. The monoisotopic (exact) mass is 214 g/mol. The van der Waals surface area contributed by atoms with Crippen LogP contribution >= 0.6 is 0 Å². The van der Waals surface area contributed by atoms with E-state index in [1.54, 1.807) is 13.1 Å². The second-order valence-corrected chi connectivity index (χ2v) is 3.23. The van der Waals surface area contributed by atoms with Crippen LogP contribution in [0.2, 0.25) is 0 Å². The Morgan fingerprint density at radius 3 is 2.60 bits per heavy atom. The van der Waals surface area contributed by atoms with Gasteiger partial charge in [0.2, 0.25) is 0 Å². The molecule has 0 aromatic carbocycles. The third-order valence-corrected chi connectivity index (χ3v) is 1.96. The molecule has 5 heteroatoms. The Labute approximate surface area is 86.7 Å². The predicted molar refractivity (Wildman–Crippen MR) is 53.5 cm³/mol. The van der Waals surface area contributed by atoms with E-state index in [0.717, 1.165) is 0 Å². The van der Waals surface area contributed by atoms with Gasteiger partial charge in [0.15, 0.2) is 5.78 Å². The number of ketones is 1. The molecule has 0 spiro atoms. The third-order valence-electron chi connectivity index (χ3n) is 1.96. The van der Waals surface area contributed by atoms with Crippen molar-refractivity contribution in [3.63, 3.8) is 0 Å². The number of carbonyl (C=O) groups excluding carboxylic acids is 1. The van der Waals surface area contributed by atoms with Crippen molar-refractivity contribution < 1.29 is 13.6 Å². The van der Waals surface area contributed by atoms with E-state index in [1.165, 1.54) is 24.1 Å². The summed E-state index contributed by atoms with van der Waals surface area (Å²) in [7, 11) is 1.55. The molecule has 0 bridgehead atoms. The molecule has 1 heterocycles. The van der Waals surface area contributed by atoms with Crippen molar-refractivity contribution in [3.05, 3.63) is 24.0 Å². The summed E-state index contributed by atoms with van der Waals surface area (Å²) >= 11 is 0. The minimum absolute atomic E-state index is 0.141. The highest BCUT2D eigenvalue weighted by Crippen LogP contribution is 2.12. The maximum Gasteiger partial charge on any atom is 0.255 e. The van der Waals surface area contributed by atoms with Crippen LogP contribution in [0, 0.1) is 0 Å². The van der Waals surface area contributed by atoms with Crippen LogP contribution in [0.1, 0.15) is 17.4 Å². The molecule has 1 aromatic heterocycles. The van der Waals surface area contributed by atoms with E-state index in [2.05, 4.69) is 4.98 Å². The van der Waals surface area contributed by atoms with Gasteiger partial charge in [-0.15, -0.1) is 0 Å². The molecule has 3 nitrogen and oxygen atoms in total. The number of pyridine rings is 1. The zero-order chi connectivity index (χ0) is 11.4. The standard InChI is InChI=1S/C10H12F2N2O/c1-7(15)9-4-3-8(5-13-9)14(2)6-10(11)12/h3-5,10H,6H2,1-2H3. The Bertz CT molecular complexity index is 338. The van der Waals surface area contributed by atoms with Crippen molar-refractivity contribution in [3.8, 4) is 0 Å². The van der Waals surface area contributed by atoms with Gasteiger partial charge in [-0.25, -0.2) is 8.78 Å². The molecule has 0 atom stereocenters. The van der Waals surface area contributed by atoms with E-state index in [-0.39, 0.29) is 12.3 Å². The normalized spacial score (nSPS) is 10.5. The first kappa shape index (κ1) is 11.6. The molecule has 0 N–H and O–H groups in total. The summed E-state index contributed by atoms with van der Waals surface area (Å²) in [5.41, 5.74) is 0.907. The first-order valence-electron chi connectivity index (χ1n) is 4.47. The van der Waals surface area contributed by atoms with Crippen molar-refractivity contribution in [2.75, 3.05) is 18.5 Å². The van der Waals surface area contributed by atoms with Crippen LogP contribution in [0.3, 0.4) is 0 Å². The van der Waals surface area contributed by atoms with Gasteiger partial charge in [-0.2, -0.15) is 0 Å². The van der Waals surface area contributed by atoms with Crippen LogP contribution in [-0.4, -0.2) is 30.8 Å². The molecule has 0 aliphatic rings. The van der Waals surface area contributed by atoms with E-state index < -0.39 is 6.43 Å². The number of nitrogens with zero attached hydrogens (tertiary/aromatic N) is 2. The van der Waals surface area contributed by atoms with Crippen LogP contribution in [0.25, 0.3) is 0 Å². The van der Waals surface area contributed by atoms with Crippen LogP contribution < -0.4 is 4.90 Å². The highest BCUT2D eigenvalue weighted by atomic mass is 19.3. The molecule has 0 radical (unpaired) electrons. The summed E-state index contributed by atoms with van der Waals surface area (Å²) in [6.45, 7) is 1.06. The number of alkyl halides is 2. The lowest BCUT2D eigenvalue weighted by atomic mass is 10.2. The fourth-order valence-corrected chi connectivity index (χ4v) is 1.13. The molecule has 0 aliphatic heterocycles. The zero-order valence-electron chi connectivity index (χ0n) is 8.58. The number of Topliss-reactive ketones (excluding diaryl/α,β-unsaturated/α-hetero) is 1. The lowest BCUT2D eigenvalue weighted by Crippen LogP contribution is -2.24. The maximum absolute atomic E-state index is 12.1. The molecule has 0 amide bonds. The smallest absolute Gasteiger partial charge is 0.255 e. The lowest BCUT2D eigenvalue weighted by molar-refractivity contribution is 0.101. The summed E-state index contributed by atoms with van der Waals surface area (Å²) < 4.78 is 24.1. The molecule has 0 saturated carbocycles. The van der Waals surface area contributed by atoms with Gasteiger partial charge in [0.25, 0.3) is 6.43 Å². The molecule has 0 fully saturated rings. The van der Waals surface area contributed by atoms with Crippen LogP contribution in [0.5, 0.6) is 0 Å². The van der Waals surface area contributed by atoms with Crippen molar-refractivity contribution in [1.29, 1.82) is 0 Å². The van der Waals surface area contributed by atoms with Crippen molar-refractivity contribution in [1.82, 2.24) is 4.98 Å². The van der Waals surface area contributed by atoms with Crippen molar-refractivity contribution >= 4 is 11.5 Å². The van der Waals surface area contributed by atoms with E-state index in [9.17, 15) is 13.6 Å². The molecule has 0 aliphatic carbocycles. The van der Waals surface area contributed by atoms with E-state index in [0.29, 0.717) is 11.4 Å². The SMILES string of the molecule is CC(=O)c1ccc(N(C)CC(F)F)cn1. The predicted octanol–water partition coefficient (Wildman–Crippen LogP) is 1.99. The number of hydrogen-bond donors (Lipinski definition) is 0. The molecular formula is C10H12F2N2O. The van der Waals surface area contributed by atoms with Gasteiger partial charge in [0, 0.05) is 14.0 Å². The van der Waals surface area contributed by atoms with Gasteiger partial charge >= 0.3 is 0 Å². The Kier molecular flexibility index (Phi) is 3.71. The third kappa shape index (κ3) is 3.27. The minimum atomic E-state index is -2.39. The molecule has 15 heavy (non-hydrogen) atoms. The highest BCUT2D eigenvalue weighted by Gasteiger charge is 2.09. The largest absolute Gasteiger partial charge is 0.368 e. The van der Waals surface area contributed by atoms with Gasteiger partial charge < -0.3 is 4.90 Å².